The fraction of sp³-hybridized carbons (Fsp3) is 0.414. The number of ether oxygens (including phenoxy) is 1. The summed E-state index contributed by atoms with van der Waals surface area (Å²) in [5.41, 5.74) is 10.1. The molecule has 0 amide bonds. The van der Waals surface area contributed by atoms with E-state index in [2.05, 4.69) is 82.0 Å². The predicted octanol–water partition coefficient (Wildman–Crippen LogP) is 5.86. The number of fused-ring (bicyclic) bond motifs is 3. The monoisotopic (exact) mass is 459 g/mol. The number of benzene rings is 2. The van der Waals surface area contributed by atoms with Gasteiger partial charge in [0.1, 0.15) is 12.4 Å². The number of likely N-dealkylation sites (tertiary alicyclic amines) is 1. The highest BCUT2D eigenvalue weighted by molar-refractivity contribution is 5.85. The van der Waals surface area contributed by atoms with Crippen LogP contribution in [0.2, 0.25) is 0 Å². The summed E-state index contributed by atoms with van der Waals surface area (Å²) in [7, 11) is 0. The minimum absolute atomic E-state index is 0. The minimum atomic E-state index is -0.208. The molecule has 1 N–H and O–H groups in total. The number of nitrogens with zero attached hydrogens (tertiary/aromatic N) is 2. The Morgan fingerprint density at radius 2 is 1.97 bits per heavy atom. The molecule has 1 fully saturated rings. The van der Waals surface area contributed by atoms with Gasteiger partial charge in [0, 0.05) is 49.6 Å². The lowest BCUT2D eigenvalue weighted by atomic mass is 9.88. The van der Waals surface area contributed by atoms with Crippen LogP contribution in [-0.2, 0) is 6.42 Å². The molecular formula is C29H34FN3O. The van der Waals surface area contributed by atoms with Crippen molar-refractivity contribution in [2.24, 2.45) is 5.92 Å². The maximum Gasteiger partial charge on any atom is 0.119 e. The number of aromatic amines is 1. The van der Waals surface area contributed by atoms with Crippen LogP contribution in [0.1, 0.15) is 44.1 Å². The number of nitrogens with one attached hydrogen (secondary N) is 1. The normalized spacial score (nSPS) is 22.6. The molecule has 3 aromatic rings. The van der Waals surface area contributed by atoms with Gasteiger partial charge in [0.25, 0.3) is 0 Å². The SMILES string of the molecule is C[C@@H]1Cc2c([nH]c3ccccc23)[C@@H](c2ccc(OCCN3CC(CF)C3)cc2)N1C1=C=CCC1.[HH]. The third kappa shape index (κ3) is 3.83. The van der Waals surface area contributed by atoms with Gasteiger partial charge in [-0.25, -0.2) is 0 Å². The second-order valence-corrected chi connectivity index (χ2v) is 9.96. The third-order valence-corrected chi connectivity index (χ3v) is 7.60. The first kappa shape index (κ1) is 21.5. The highest BCUT2D eigenvalue weighted by Gasteiger charge is 2.37. The number of H-pyrrole nitrogens is 1. The van der Waals surface area contributed by atoms with Crippen molar-refractivity contribution in [2.45, 2.75) is 38.3 Å². The van der Waals surface area contributed by atoms with Gasteiger partial charge < -0.3 is 14.6 Å². The second-order valence-electron chi connectivity index (χ2n) is 9.96. The Bertz CT molecular complexity index is 1240. The van der Waals surface area contributed by atoms with Crippen LogP contribution < -0.4 is 4.74 Å². The fourth-order valence-corrected chi connectivity index (χ4v) is 5.88. The lowest BCUT2D eigenvalue weighted by Gasteiger charge is -2.43. The van der Waals surface area contributed by atoms with Crippen LogP contribution in [0, 0.1) is 5.92 Å². The molecule has 34 heavy (non-hydrogen) atoms. The van der Waals surface area contributed by atoms with Crippen molar-refractivity contribution in [1.82, 2.24) is 14.8 Å². The van der Waals surface area contributed by atoms with Gasteiger partial charge in [0.2, 0.25) is 0 Å². The first-order chi connectivity index (χ1) is 16.7. The number of allylic oxidation sites excluding steroid dienone is 1. The Hall–Kier alpha value is -3.01. The molecule has 0 bridgehead atoms. The van der Waals surface area contributed by atoms with E-state index < -0.39 is 0 Å². The van der Waals surface area contributed by atoms with E-state index in [1.54, 1.807) is 0 Å². The Morgan fingerprint density at radius 3 is 2.74 bits per heavy atom. The van der Waals surface area contributed by atoms with E-state index in [0.717, 1.165) is 44.6 Å². The van der Waals surface area contributed by atoms with Crippen LogP contribution in [-0.4, -0.2) is 53.7 Å². The summed E-state index contributed by atoms with van der Waals surface area (Å²) in [6.07, 6.45) is 5.32. The van der Waals surface area contributed by atoms with E-state index in [0.29, 0.717) is 12.6 Å². The molecule has 2 aliphatic heterocycles. The van der Waals surface area contributed by atoms with Crippen LogP contribution in [0.4, 0.5) is 4.39 Å². The van der Waals surface area contributed by atoms with Crippen molar-refractivity contribution in [3.8, 4) is 5.75 Å². The van der Waals surface area contributed by atoms with Gasteiger partial charge in [-0.2, -0.15) is 0 Å². The summed E-state index contributed by atoms with van der Waals surface area (Å²) in [6, 6.07) is 17.8. The number of para-hydroxylation sites is 1. The number of rotatable bonds is 7. The van der Waals surface area contributed by atoms with Crippen molar-refractivity contribution >= 4 is 10.9 Å². The van der Waals surface area contributed by atoms with Crippen molar-refractivity contribution in [3.05, 3.63) is 82.9 Å². The second kappa shape index (κ2) is 8.98. The van der Waals surface area contributed by atoms with E-state index in [1.807, 2.05) is 0 Å². The highest BCUT2D eigenvalue weighted by Crippen LogP contribution is 2.44. The molecule has 0 radical (unpaired) electrons. The average Bonchev–Trinajstić information content (AvgIpc) is 3.48. The lowest BCUT2D eigenvalue weighted by Crippen LogP contribution is -2.49. The van der Waals surface area contributed by atoms with Gasteiger partial charge in [-0.15, -0.1) is 5.73 Å². The summed E-state index contributed by atoms with van der Waals surface area (Å²) >= 11 is 0. The highest BCUT2D eigenvalue weighted by atomic mass is 19.1. The smallest absolute Gasteiger partial charge is 0.119 e. The van der Waals surface area contributed by atoms with Crippen molar-refractivity contribution in [1.29, 1.82) is 0 Å². The topological polar surface area (TPSA) is 31.5 Å². The van der Waals surface area contributed by atoms with E-state index >= 15 is 0 Å². The third-order valence-electron chi connectivity index (χ3n) is 7.60. The molecule has 2 aromatic carbocycles. The van der Waals surface area contributed by atoms with Crippen LogP contribution >= 0.6 is 0 Å². The van der Waals surface area contributed by atoms with Crippen molar-refractivity contribution in [2.75, 3.05) is 32.9 Å². The number of aromatic nitrogens is 1. The summed E-state index contributed by atoms with van der Waals surface area (Å²) in [6.45, 7) is 5.32. The molecule has 5 heteroatoms. The Labute approximate surface area is 202 Å². The van der Waals surface area contributed by atoms with Crippen LogP contribution in [0.15, 0.2) is 66.0 Å². The molecule has 2 atom stereocenters. The molecule has 3 heterocycles. The fourth-order valence-electron chi connectivity index (χ4n) is 5.88. The molecule has 0 saturated carbocycles. The van der Waals surface area contributed by atoms with E-state index in [1.165, 1.54) is 33.4 Å². The Morgan fingerprint density at radius 1 is 1.15 bits per heavy atom. The van der Waals surface area contributed by atoms with Crippen molar-refractivity contribution in [3.63, 3.8) is 0 Å². The zero-order valence-corrected chi connectivity index (χ0v) is 19.8. The van der Waals surface area contributed by atoms with Crippen LogP contribution in [0.5, 0.6) is 5.75 Å². The number of hydrogen-bond donors (Lipinski definition) is 1. The van der Waals surface area contributed by atoms with Crippen LogP contribution in [0.3, 0.4) is 0 Å². The maximum atomic E-state index is 12.6. The van der Waals surface area contributed by atoms with Gasteiger partial charge in [-0.1, -0.05) is 30.3 Å². The minimum Gasteiger partial charge on any atom is -0.492 e. The lowest BCUT2D eigenvalue weighted by molar-refractivity contribution is 0.0668. The Kier molecular flexibility index (Phi) is 5.68. The maximum absolute atomic E-state index is 12.6. The predicted molar refractivity (Wildman–Crippen MR) is 136 cm³/mol. The standard InChI is InChI=1S/C29H32FN3O.H2/c1-20-16-26-25-8-4-5-9-27(25)31-28(26)29(33(20)23-6-2-3-7-23)22-10-12-24(13-11-22)34-15-14-32-18-21(17-30)19-32;/h2,4-5,8-13,20-21,29,31H,3,7,14-19H2,1H3;1H/t20-,29-;/m1./s1. The summed E-state index contributed by atoms with van der Waals surface area (Å²) < 4.78 is 18.6. The van der Waals surface area contributed by atoms with Gasteiger partial charge in [0.15, 0.2) is 0 Å². The molecule has 1 saturated heterocycles. The Balaban J connectivity index is 0.00000253. The molecule has 3 aliphatic rings. The van der Waals surface area contributed by atoms with Gasteiger partial charge in [-0.3, -0.25) is 9.29 Å². The number of halogens is 1. The largest absolute Gasteiger partial charge is 0.492 e. The van der Waals surface area contributed by atoms with Gasteiger partial charge in [-0.05, 0) is 61.6 Å². The van der Waals surface area contributed by atoms with E-state index in [-0.39, 0.29) is 20.1 Å². The quantitative estimate of drug-likeness (QED) is 0.449. The zero-order valence-electron chi connectivity index (χ0n) is 19.8. The van der Waals surface area contributed by atoms with Gasteiger partial charge in [0.05, 0.1) is 18.4 Å². The molecular weight excluding hydrogens is 425 g/mol. The summed E-state index contributed by atoms with van der Waals surface area (Å²) in [5, 5.41) is 1.34. The van der Waals surface area contributed by atoms with Gasteiger partial charge >= 0.3 is 0 Å². The summed E-state index contributed by atoms with van der Waals surface area (Å²) in [5.74, 6) is 1.11. The summed E-state index contributed by atoms with van der Waals surface area (Å²) in [4.78, 5) is 8.59. The van der Waals surface area contributed by atoms with Crippen LogP contribution in [0.25, 0.3) is 10.9 Å². The molecule has 1 aromatic heterocycles. The zero-order chi connectivity index (χ0) is 23.1. The van der Waals surface area contributed by atoms with Crippen molar-refractivity contribution < 1.29 is 10.6 Å². The molecule has 0 spiro atoms. The molecule has 4 nitrogen and oxygen atoms in total. The average molecular weight is 460 g/mol. The molecule has 0 unspecified atom stereocenters. The molecule has 1 aliphatic carbocycles. The first-order valence-corrected chi connectivity index (χ1v) is 12.5. The molecule has 6 rings (SSSR count). The molecule has 178 valence electrons. The number of alkyl halides is 1. The van der Waals surface area contributed by atoms with E-state index in [4.69, 9.17) is 4.74 Å². The first-order valence-electron chi connectivity index (χ1n) is 12.5. The number of hydrogen-bond acceptors (Lipinski definition) is 3. The van der Waals surface area contributed by atoms with E-state index in [9.17, 15) is 4.39 Å².